The Kier molecular flexibility index (Phi) is 3.44. The minimum absolute atomic E-state index is 0.193. The second kappa shape index (κ2) is 4.83. The van der Waals surface area contributed by atoms with Gasteiger partial charge in [0.2, 0.25) is 0 Å². The Hall–Kier alpha value is -1.09. The van der Waals surface area contributed by atoms with Gasteiger partial charge in [-0.3, -0.25) is 0 Å². The second-order valence-electron chi connectivity index (χ2n) is 4.41. The molecule has 1 aliphatic rings. The van der Waals surface area contributed by atoms with E-state index in [2.05, 4.69) is 5.32 Å². The molecule has 88 valence electrons. The van der Waals surface area contributed by atoms with E-state index in [1.807, 2.05) is 13.0 Å². The van der Waals surface area contributed by atoms with Gasteiger partial charge in [0.15, 0.2) is 11.6 Å². The molecule has 1 heterocycles. The van der Waals surface area contributed by atoms with Crippen molar-refractivity contribution < 1.29 is 9.13 Å². The van der Waals surface area contributed by atoms with Crippen LogP contribution in [0.2, 0.25) is 0 Å². The first-order valence-electron chi connectivity index (χ1n) is 5.77. The van der Waals surface area contributed by atoms with Gasteiger partial charge in [-0.25, -0.2) is 4.39 Å². The Morgan fingerprint density at radius 3 is 2.88 bits per heavy atom. The van der Waals surface area contributed by atoms with Crippen molar-refractivity contribution in [2.24, 2.45) is 0 Å². The average molecular weight is 223 g/mol. The van der Waals surface area contributed by atoms with Crippen molar-refractivity contribution in [2.45, 2.75) is 25.7 Å². The van der Waals surface area contributed by atoms with Gasteiger partial charge < -0.3 is 10.1 Å². The SMILES string of the molecule is COc1cc(C)cc(C2CCCNC2)c1F. The number of aryl methyl sites for hydroxylation is 1. The fraction of sp³-hybridized carbons (Fsp3) is 0.538. The minimum atomic E-state index is -0.193. The summed E-state index contributed by atoms with van der Waals surface area (Å²) in [5.74, 6) is 0.449. The molecule has 0 spiro atoms. The number of rotatable bonds is 2. The Labute approximate surface area is 95.8 Å². The molecule has 0 amide bonds. The predicted molar refractivity (Wildman–Crippen MR) is 62.5 cm³/mol. The fourth-order valence-electron chi connectivity index (χ4n) is 2.33. The second-order valence-corrected chi connectivity index (χ2v) is 4.41. The first-order valence-corrected chi connectivity index (χ1v) is 5.77. The zero-order valence-corrected chi connectivity index (χ0v) is 9.85. The summed E-state index contributed by atoms with van der Waals surface area (Å²) in [5.41, 5.74) is 1.85. The largest absolute Gasteiger partial charge is 0.494 e. The predicted octanol–water partition coefficient (Wildman–Crippen LogP) is 2.61. The summed E-state index contributed by atoms with van der Waals surface area (Å²) in [7, 11) is 1.51. The third kappa shape index (κ3) is 2.19. The molecule has 0 saturated carbocycles. The van der Waals surface area contributed by atoms with Crippen molar-refractivity contribution in [3.63, 3.8) is 0 Å². The molecular formula is C13H18FNO. The van der Waals surface area contributed by atoms with E-state index in [0.29, 0.717) is 5.75 Å². The third-order valence-electron chi connectivity index (χ3n) is 3.17. The van der Waals surface area contributed by atoms with Crippen LogP contribution < -0.4 is 10.1 Å². The molecule has 0 aliphatic carbocycles. The zero-order chi connectivity index (χ0) is 11.5. The van der Waals surface area contributed by atoms with E-state index >= 15 is 0 Å². The number of hydrogen-bond acceptors (Lipinski definition) is 2. The van der Waals surface area contributed by atoms with Gasteiger partial charge in [-0.05, 0) is 49.4 Å². The minimum Gasteiger partial charge on any atom is -0.494 e. The molecule has 2 rings (SSSR count). The number of nitrogens with one attached hydrogen (secondary N) is 1. The number of ether oxygens (including phenoxy) is 1. The van der Waals surface area contributed by atoms with Gasteiger partial charge in [0, 0.05) is 6.54 Å². The van der Waals surface area contributed by atoms with Crippen LogP contribution >= 0.6 is 0 Å². The lowest BCUT2D eigenvalue weighted by atomic mass is 9.90. The van der Waals surface area contributed by atoms with Gasteiger partial charge in [0.25, 0.3) is 0 Å². The summed E-state index contributed by atoms with van der Waals surface area (Å²) in [6, 6.07) is 3.69. The van der Waals surface area contributed by atoms with Gasteiger partial charge >= 0.3 is 0 Å². The highest BCUT2D eigenvalue weighted by atomic mass is 19.1. The molecule has 1 aliphatic heterocycles. The lowest BCUT2D eigenvalue weighted by Crippen LogP contribution is -2.29. The molecule has 1 aromatic rings. The summed E-state index contributed by atoms with van der Waals surface area (Å²) in [6.45, 7) is 3.88. The van der Waals surface area contributed by atoms with E-state index in [1.54, 1.807) is 6.07 Å². The van der Waals surface area contributed by atoms with Crippen LogP contribution in [0.5, 0.6) is 5.75 Å². The van der Waals surface area contributed by atoms with Crippen molar-refractivity contribution in [1.82, 2.24) is 5.32 Å². The van der Waals surface area contributed by atoms with Gasteiger partial charge in [-0.2, -0.15) is 0 Å². The lowest BCUT2D eigenvalue weighted by Gasteiger charge is -2.24. The summed E-state index contributed by atoms with van der Waals surface area (Å²) in [6.07, 6.45) is 2.16. The standard InChI is InChI=1S/C13H18FNO/c1-9-6-11(10-4-3-5-15-8-10)13(14)12(7-9)16-2/h6-7,10,15H,3-5,8H2,1-2H3. The monoisotopic (exact) mass is 223 g/mol. The van der Waals surface area contributed by atoms with E-state index in [1.165, 1.54) is 7.11 Å². The third-order valence-corrected chi connectivity index (χ3v) is 3.17. The highest BCUT2D eigenvalue weighted by Crippen LogP contribution is 2.31. The first kappa shape index (κ1) is 11.4. The van der Waals surface area contributed by atoms with Gasteiger partial charge in [0.05, 0.1) is 7.11 Å². The van der Waals surface area contributed by atoms with Crippen molar-refractivity contribution >= 4 is 0 Å². The zero-order valence-electron chi connectivity index (χ0n) is 9.85. The van der Waals surface area contributed by atoms with Crippen LogP contribution in [0.15, 0.2) is 12.1 Å². The number of halogens is 1. The Morgan fingerprint density at radius 1 is 1.44 bits per heavy atom. The molecule has 1 aromatic carbocycles. The smallest absolute Gasteiger partial charge is 0.168 e. The van der Waals surface area contributed by atoms with Gasteiger partial charge in [0.1, 0.15) is 0 Å². The van der Waals surface area contributed by atoms with E-state index in [9.17, 15) is 4.39 Å². The van der Waals surface area contributed by atoms with Crippen molar-refractivity contribution in [3.8, 4) is 5.75 Å². The van der Waals surface area contributed by atoms with Crippen molar-refractivity contribution in [2.75, 3.05) is 20.2 Å². The summed E-state index contributed by atoms with van der Waals surface area (Å²) >= 11 is 0. The maximum Gasteiger partial charge on any atom is 0.168 e. The molecule has 0 radical (unpaired) electrons. The molecule has 0 bridgehead atoms. The number of hydrogen-bond donors (Lipinski definition) is 1. The van der Waals surface area contributed by atoms with Gasteiger partial charge in [-0.1, -0.05) is 6.07 Å². The topological polar surface area (TPSA) is 21.3 Å². The molecular weight excluding hydrogens is 205 g/mol. The molecule has 2 nitrogen and oxygen atoms in total. The van der Waals surface area contributed by atoms with Crippen molar-refractivity contribution in [3.05, 3.63) is 29.1 Å². The summed E-state index contributed by atoms with van der Waals surface area (Å²) in [4.78, 5) is 0. The maximum atomic E-state index is 14.1. The normalized spacial score (nSPS) is 20.8. The Morgan fingerprint density at radius 2 is 2.25 bits per heavy atom. The van der Waals surface area contributed by atoms with Crippen LogP contribution in [0.4, 0.5) is 4.39 Å². The summed E-state index contributed by atoms with van der Waals surface area (Å²) < 4.78 is 19.1. The average Bonchev–Trinajstić information content (AvgIpc) is 2.33. The molecule has 1 N–H and O–H groups in total. The van der Waals surface area contributed by atoms with Crippen LogP contribution in [0.25, 0.3) is 0 Å². The van der Waals surface area contributed by atoms with E-state index < -0.39 is 0 Å². The first-order chi connectivity index (χ1) is 7.72. The fourth-order valence-corrected chi connectivity index (χ4v) is 2.33. The number of benzene rings is 1. The molecule has 3 heteroatoms. The van der Waals surface area contributed by atoms with Crippen LogP contribution in [0.3, 0.4) is 0 Å². The van der Waals surface area contributed by atoms with E-state index in [0.717, 1.165) is 37.1 Å². The molecule has 1 fully saturated rings. The van der Waals surface area contributed by atoms with Crippen molar-refractivity contribution in [1.29, 1.82) is 0 Å². The molecule has 1 atom stereocenters. The van der Waals surface area contributed by atoms with Crippen LogP contribution in [-0.4, -0.2) is 20.2 Å². The van der Waals surface area contributed by atoms with Crippen LogP contribution in [0.1, 0.15) is 29.9 Å². The lowest BCUT2D eigenvalue weighted by molar-refractivity contribution is 0.376. The highest BCUT2D eigenvalue weighted by molar-refractivity contribution is 5.38. The molecule has 16 heavy (non-hydrogen) atoms. The number of methoxy groups -OCH3 is 1. The van der Waals surface area contributed by atoms with Gasteiger partial charge in [-0.15, -0.1) is 0 Å². The van der Waals surface area contributed by atoms with Crippen LogP contribution in [-0.2, 0) is 0 Å². The number of piperidine rings is 1. The summed E-state index contributed by atoms with van der Waals surface area (Å²) in [5, 5.41) is 3.31. The molecule has 0 aromatic heterocycles. The Balaban J connectivity index is 2.34. The Bertz CT molecular complexity index is 372. The molecule has 1 unspecified atom stereocenters. The van der Waals surface area contributed by atoms with E-state index in [-0.39, 0.29) is 11.7 Å². The molecule has 1 saturated heterocycles. The van der Waals surface area contributed by atoms with E-state index in [4.69, 9.17) is 4.74 Å². The highest BCUT2D eigenvalue weighted by Gasteiger charge is 2.21. The quantitative estimate of drug-likeness (QED) is 0.832. The maximum absolute atomic E-state index is 14.1. The van der Waals surface area contributed by atoms with Crippen LogP contribution in [0, 0.1) is 12.7 Å².